The maximum Gasteiger partial charge on any atom is 0.230 e. The zero-order valence-electron chi connectivity index (χ0n) is 16.5. The van der Waals surface area contributed by atoms with Gasteiger partial charge in [0.25, 0.3) is 0 Å². The summed E-state index contributed by atoms with van der Waals surface area (Å²) in [7, 11) is 0. The molecule has 30 heavy (non-hydrogen) atoms. The van der Waals surface area contributed by atoms with Gasteiger partial charge in [0.1, 0.15) is 5.76 Å². The highest BCUT2D eigenvalue weighted by Crippen LogP contribution is 2.34. The van der Waals surface area contributed by atoms with E-state index in [1.165, 1.54) is 28.7 Å². The molecular weight excluding hydrogens is 420 g/mol. The molecule has 9 heteroatoms. The molecule has 158 valence electrons. The van der Waals surface area contributed by atoms with Gasteiger partial charge in [-0.3, -0.25) is 4.79 Å². The normalized spacial score (nSPS) is 15.6. The lowest BCUT2D eigenvalue weighted by molar-refractivity contribution is -0.119. The zero-order chi connectivity index (χ0) is 20.7. The van der Waals surface area contributed by atoms with Crippen LogP contribution in [0.15, 0.2) is 57.5 Å². The Morgan fingerprint density at radius 1 is 1.13 bits per heavy atom. The molecule has 4 rings (SSSR count). The van der Waals surface area contributed by atoms with Gasteiger partial charge in [-0.2, -0.15) is 0 Å². The summed E-state index contributed by atoms with van der Waals surface area (Å²) in [5, 5.41) is 15.3. The molecule has 1 aliphatic rings. The molecule has 3 heterocycles. The summed E-state index contributed by atoms with van der Waals surface area (Å²) in [6.45, 7) is 2.61. The van der Waals surface area contributed by atoms with E-state index in [1.54, 1.807) is 6.26 Å². The Labute approximate surface area is 183 Å². The largest absolute Gasteiger partial charge is 0.467 e. The van der Waals surface area contributed by atoms with E-state index in [0.717, 1.165) is 36.2 Å². The number of anilines is 1. The lowest BCUT2D eigenvalue weighted by Gasteiger charge is -2.38. The third-order valence-corrected chi connectivity index (χ3v) is 7.20. The van der Waals surface area contributed by atoms with Crippen molar-refractivity contribution in [1.82, 2.24) is 15.5 Å². The zero-order valence-corrected chi connectivity index (χ0v) is 18.1. The fourth-order valence-electron chi connectivity index (χ4n) is 3.48. The molecular formula is C21H24N4O3S2. The Hall–Kier alpha value is -2.36. The Kier molecular flexibility index (Phi) is 7.03. The molecule has 2 aromatic heterocycles. The highest BCUT2D eigenvalue weighted by atomic mass is 32.2. The van der Waals surface area contributed by atoms with Crippen LogP contribution in [0.3, 0.4) is 0 Å². The Morgan fingerprint density at radius 3 is 2.73 bits per heavy atom. The van der Waals surface area contributed by atoms with Crippen LogP contribution in [-0.4, -0.2) is 41.6 Å². The van der Waals surface area contributed by atoms with Crippen molar-refractivity contribution in [2.24, 2.45) is 0 Å². The molecule has 0 unspecified atom stereocenters. The summed E-state index contributed by atoms with van der Waals surface area (Å²) >= 11 is 2.83. The van der Waals surface area contributed by atoms with Crippen molar-refractivity contribution in [1.29, 1.82) is 0 Å². The van der Waals surface area contributed by atoms with E-state index in [-0.39, 0.29) is 11.3 Å². The highest BCUT2D eigenvalue weighted by molar-refractivity contribution is 8.01. The van der Waals surface area contributed by atoms with Crippen molar-refractivity contribution in [3.8, 4) is 0 Å². The fourth-order valence-corrected chi connectivity index (χ4v) is 5.06. The second-order valence-corrected chi connectivity index (χ2v) is 9.33. The van der Waals surface area contributed by atoms with E-state index >= 15 is 0 Å². The molecule has 1 aliphatic heterocycles. The summed E-state index contributed by atoms with van der Waals surface area (Å²) in [6.07, 6.45) is 3.45. The number of hydrogen-bond acceptors (Lipinski definition) is 8. The van der Waals surface area contributed by atoms with Gasteiger partial charge in [0.05, 0.1) is 18.6 Å². The predicted molar refractivity (Wildman–Crippen MR) is 118 cm³/mol. The number of thioether (sulfide) groups is 1. The molecule has 2 N–H and O–H groups in total. The molecule has 0 atom stereocenters. The quantitative estimate of drug-likeness (QED) is 0.487. The van der Waals surface area contributed by atoms with Crippen molar-refractivity contribution in [3.05, 3.63) is 60.1 Å². The summed E-state index contributed by atoms with van der Waals surface area (Å²) in [5.74, 6) is 1.15. The highest BCUT2D eigenvalue weighted by Gasteiger charge is 2.34. The number of carbonyl (C=O) groups excluding carboxylic acids is 1. The molecule has 3 aromatic rings. The molecule has 7 nitrogen and oxygen atoms in total. The average molecular weight is 445 g/mol. The van der Waals surface area contributed by atoms with Crippen molar-refractivity contribution < 1.29 is 13.9 Å². The Morgan fingerprint density at radius 2 is 1.97 bits per heavy atom. The van der Waals surface area contributed by atoms with Crippen molar-refractivity contribution in [3.63, 3.8) is 0 Å². The topological polar surface area (TPSA) is 89.3 Å². The SMILES string of the molecule is O=C(CSc1nnc(NCc2ccco2)s1)NCC1(c2ccccc2)CCOCC1. The van der Waals surface area contributed by atoms with Crippen molar-refractivity contribution in [2.75, 3.05) is 30.8 Å². The maximum absolute atomic E-state index is 12.5. The van der Waals surface area contributed by atoms with Crippen LogP contribution in [0.25, 0.3) is 0 Å². The minimum Gasteiger partial charge on any atom is -0.467 e. The van der Waals surface area contributed by atoms with Gasteiger partial charge >= 0.3 is 0 Å². The first-order valence-electron chi connectivity index (χ1n) is 9.86. The van der Waals surface area contributed by atoms with Crippen LogP contribution in [0.1, 0.15) is 24.2 Å². The van der Waals surface area contributed by atoms with E-state index in [1.807, 2.05) is 18.2 Å². The molecule has 1 aromatic carbocycles. The number of ether oxygens (including phenoxy) is 1. The molecule has 0 radical (unpaired) electrons. The van der Waals surface area contributed by atoms with Crippen LogP contribution in [0.2, 0.25) is 0 Å². The van der Waals surface area contributed by atoms with Crippen molar-refractivity contribution in [2.45, 2.75) is 29.1 Å². The van der Waals surface area contributed by atoms with Crippen LogP contribution in [0, 0.1) is 0 Å². The van der Waals surface area contributed by atoms with Gasteiger partial charge in [-0.15, -0.1) is 10.2 Å². The van der Waals surface area contributed by atoms with Gasteiger partial charge in [-0.1, -0.05) is 53.4 Å². The number of hydrogen-bond donors (Lipinski definition) is 2. The predicted octanol–water partition coefficient (Wildman–Crippen LogP) is 3.70. The summed E-state index contributed by atoms with van der Waals surface area (Å²) < 4.78 is 11.6. The van der Waals surface area contributed by atoms with E-state index in [9.17, 15) is 4.79 Å². The minimum atomic E-state index is -0.0640. The third-order valence-electron chi connectivity index (χ3n) is 5.19. The standard InChI is InChI=1S/C21H24N4O3S2/c26-18(14-29-20-25-24-19(30-20)22-13-17-7-4-10-28-17)23-15-21(8-11-27-12-9-21)16-5-2-1-3-6-16/h1-7,10H,8-9,11-15H2,(H,22,24)(H,23,26). The first-order chi connectivity index (χ1) is 14.7. The van der Waals surface area contributed by atoms with Crippen LogP contribution in [-0.2, 0) is 21.5 Å². The molecule has 0 aliphatic carbocycles. The monoisotopic (exact) mass is 444 g/mol. The number of aromatic nitrogens is 2. The Balaban J connectivity index is 1.26. The number of nitrogens with one attached hydrogen (secondary N) is 2. The van der Waals surface area contributed by atoms with Gasteiger partial charge in [-0.05, 0) is 30.5 Å². The third kappa shape index (κ3) is 5.41. The first-order valence-corrected chi connectivity index (χ1v) is 11.7. The lowest BCUT2D eigenvalue weighted by Crippen LogP contribution is -2.45. The summed E-state index contributed by atoms with van der Waals surface area (Å²) in [4.78, 5) is 12.5. The van der Waals surface area contributed by atoms with Gasteiger partial charge in [-0.25, -0.2) is 0 Å². The minimum absolute atomic E-state index is 0.00194. The molecule has 1 fully saturated rings. The van der Waals surface area contributed by atoms with Crippen LogP contribution < -0.4 is 10.6 Å². The summed E-state index contributed by atoms with van der Waals surface area (Å²) in [5.41, 5.74) is 1.20. The number of furan rings is 1. The van der Waals surface area contributed by atoms with Gasteiger partial charge in [0.2, 0.25) is 11.0 Å². The smallest absolute Gasteiger partial charge is 0.230 e. The number of rotatable bonds is 9. The number of benzene rings is 1. The molecule has 0 saturated carbocycles. The maximum atomic E-state index is 12.5. The molecule has 0 spiro atoms. The lowest BCUT2D eigenvalue weighted by atomic mass is 9.74. The van der Waals surface area contributed by atoms with Gasteiger partial charge in [0.15, 0.2) is 4.34 Å². The van der Waals surface area contributed by atoms with Gasteiger partial charge in [0, 0.05) is 25.2 Å². The van der Waals surface area contributed by atoms with Crippen LogP contribution >= 0.6 is 23.1 Å². The second-order valence-electron chi connectivity index (χ2n) is 7.13. The van der Waals surface area contributed by atoms with E-state index in [2.05, 4.69) is 45.1 Å². The van der Waals surface area contributed by atoms with Crippen LogP contribution in [0.5, 0.6) is 0 Å². The van der Waals surface area contributed by atoms with Crippen LogP contribution in [0.4, 0.5) is 5.13 Å². The number of carbonyl (C=O) groups is 1. The van der Waals surface area contributed by atoms with E-state index in [4.69, 9.17) is 9.15 Å². The summed E-state index contributed by atoms with van der Waals surface area (Å²) in [6, 6.07) is 14.2. The number of nitrogens with zero attached hydrogens (tertiary/aromatic N) is 2. The fraction of sp³-hybridized carbons (Fsp3) is 0.381. The average Bonchev–Trinajstić information content (AvgIpc) is 3.48. The van der Waals surface area contributed by atoms with Gasteiger partial charge < -0.3 is 19.8 Å². The molecule has 1 saturated heterocycles. The first kappa shape index (κ1) is 20.9. The Bertz CT molecular complexity index is 925. The number of amides is 1. The second kappa shape index (κ2) is 10.1. The molecule has 0 bridgehead atoms. The molecule has 1 amide bonds. The van der Waals surface area contributed by atoms with E-state index in [0.29, 0.717) is 24.0 Å². The van der Waals surface area contributed by atoms with E-state index < -0.39 is 0 Å². The van der Waals surface area contributed by atoms with Crippen molar-refractivity contribution >= 4 is 34.1 Å².